The topological polar surface area (TPSA) is 75.6 Å². The summed E-state index contributed by atoms with van der Waals surface area (Å²) in [6.45, 7) is 4.56. The third kappa shape index (κ3) is 9.13. The highest BCUT2D eigenvalue weighted by Crippen LogP contribution is 2.29. The molecule has 3 aromatic carbocycles. The number of carbonyl (C=O) groups is 2. The van der Waals surface area contributed by atoms with Crippen molar-refractivity contribution in [2.24, 2.45) is 0 Å². The summed E-state index contributed by atoms with van der Waals surface area (Å²) in [5.74, 6) is -0.781. The quantitative estimate of drug-likeness (QED) is 0.198. The Balaban J connectivity index is 1.87. The molecule has 0 bridgehead atoms. The van der Waals surface area contributed by atoms with Gasteiger partial charge >= 0.3 is 5.97 Å². The highest BCUT2D eigenvalue weighted by Gasteiger charge is 2.23. The minimum atomic E-state index is -1.03. The lowest BCUT2D eigenvalue weighted by Crippen LogP contribution is -2.41. The van der Waals surface area contributed by atoms with Crippen molar-refractivity contribution in [2.75, 3.05) is 12.0 Å². The number of hydrogen-bond donors (Lipinski definition) is 2. The fraction of sp³-hybridized carbons (Fsp3) is 0.375. The Morgan fingerprint density at radius 3 is 2.46 bits per heavy atom. The Labute approximate surface area is 241 Å². The average molecular weight is 568 g/mol. The molecule has 3 aromatic rings. The van der Waals surface area contributed by atoms with Crippen molar-refractivity contribution >= 4 is 35.2 Å². The Kier molecular flexibility index (Phi) is 12.4. The molecule has 0 radical (unpaired) electrons. The van der Waals surface area contributed by atoms with Crippen LogP contribution in [0.1, 0.15) is 59.7 Å². The van der Waals surface area contributed by atoms with Gasteiger partial charge in [0.15, 0.2) is 0 Å². The molecule has 0 aliphatic rings. The lowest BCUT2D eigenvalue weighted by molar-refractivity contribution is -0.139. The van der Waals surface area contributed by atoms with Gasteiger partial charge in [0, 0.05) is 17.0 Å². The number of aryl methyl sites for hydroxylation is 1. The molecule has 2 N–H and O–H groups in total. The van der Waals surface area contributed by atoms with Gasteiger partial charge in [0.1, 0.15) is 6.04 Å². The zero-order valence-corrected chi connectivity index (χ0v) is 24.5. The number of thioether (sulfide) groups is 1. The SMILES string of the molecule is CCCCC(Cc1ccccc1Cl)OCc1ccc(C(=O)NC(CCSC)C(=O)O)c(-c2ccccc2C)c1. The predicted octanol–water partition coefficient (Wildman–Crippen LogP) is 7.57. The molecule has 5 nitrogen and oxygen atoms in total. The Bertz CT molecular complexity index is 1250. The van der Waals surface area contributed by atoms with Gasteiger partial charge in [-0.05, 0) is 77.8 Å². The summed E-state index contributed by atoms with van der Waals surface area (Å²) in [6.07, 6.45) is 6.10. The largest absolute Gasteiger partial charge is 0.480 e. The Morgan fingerprint density at radius 1 is 1.03 bits per heavy atom. The van der Waals surface area contributed by atoms with Gasteiger partial charge in [0.25, 0.3) is 5.91 Å². The van der Waals surface area contributed by atoms with Gasteiger partial charge in [0.2, 0.25) is 0 Å². The molecular weight excluding hydrogens is 530 g/mol. The first kappa shape index (κ1) is 30.7. The number of carbonyl (C=O) groups excluding carboxylic acids is 1. The summed E-state index contributed by atoms with van der Waals surface area (Å²) in [7, 11) is 0. The van der Waals surface area contributed by atoms with Crippen molar-refractivity contribution in [1.82, 2.24) is 5.32 Å². The van der Waals surface area contributed by atoms with Crippen molar-refractivity contribution in [2.45, 2.75) is 64.7 Å². The molecule has 0 aliphatic carbocycles. The van der Waals surface area contributed by atoms with Gasteiger partial charge in [-0.25, -0.2) is 4.79 Å². The maximum atomic E-state index is 13.3. The fourth-order valence-electron chi connectivity index (χ4n) is 4.51. The number of benzene rings is 3. The molecule has 0 heterocycles. The third-order valence-corrected chi connectivity index (χ3v) is 7.76. The molecule has 39 heavy (non-hydrogen) atoms. The second kappa shape index (κ2) is 15.7. The van der Waals surface area contributed by atoms with Crippen LogP contribution in [0.2, 0.25) is 5.02 Å². The van der Waals surface area contributed by atoms with Crippen LogP contribution in [-0.2, 0) is 22.6 Å². The second-order valence-corrected chi connectivity index (χ2v) is 11.1. The van der Waals surface area contributed by atoms with Crippen LogP contribution in [0.4, 0.5) is 0 Å². The molecule has 2 atom stereocenters. The molecule has 3 rings (SSSR count). The Hall–Kier alpha value is -2.80. The summed E-state index contributed by atoms with van der Waals surface area (Å²) < 4.78 is 6.41. The second-order valence-electron chi connectivity index (χ2n) is 9.71. The molecule has 0 aromatic heterocycles. The number of nitrogens with one attached hydrogen (secondary N) is 1. The van der Waals surface area contributed by atoms with E-state index in [0.29, 0.717) is 24.3 Å². The van der Waals surface area contributed by atoms with E-state index in [1.807, 2.05) is 73.8 Å². The number of hydrogen-bond acceptors (Lipinski definition) is 4. The van der Waals surface area contributed by atoms with E-state index in [9.17, 15) is 14.7 Å². The van der Waals surface area contributed by atoms with E-state index < -0.39 is 17.9 Å². The summed E-state index contributed by atoms with van der Waals surface area (Å²) in [4.78, 5) is 25.1. The van der Waals surface area contributed by atoms with Gasteiger partial charge < -0.3 is 15.2 Å². The predicted molar refractivity (Wildman–Crippen MR) is 162 cm³/mol. The monoisotopic (exact) mass is 567 g/mol. The average Bonchev–Trinajstić information content (AvgIpc) is 2.93. The van der Waals surface area contributed by atoms with Gasteiger partial charge in [0.05, 0.1) is 12.7 Å². The van der Waals surface area contributed by atoms with Crippen LogP contribution in [0.15, 0.2) is 66.7 Å². The number of ether oxygens (including phenoxy) is 1. The molecule has 0 saturated carbocycles. The summed E-state index contributed by atoms with van der Waals surface area (Å²) in [6, 6.07) is 20.5. The maximum absolute atomic E-state index is 13.3. The summed E-state index contributed by atoms with van der Waals surface area (Å²) >= 11 is 7.97. The van der Waals surface area contributed by atoms with Gasteiger partial charge in [-0.15, -0.1) is 0 Å². The third-order valence-electron chi connectivity index (χ3n) is 6.75. The van der Waals surface area contributed by atoms with Gasteiger partial charge in [-0.2, -0.15) is 11.8 Å². The van der Waals surface area contributed by atoms with Crippen molar-refractivity contribution in [3.63, 3.8) is 0 Å². The lowest BCUT2D eigenvalue weighted by atomic mass is 9.93. The van der Waals surface area contributed by atoms with Crippen LogP contribution >= 0.6 is 23.4 Å². The number of amides is 1. The number of unbranched alkanes of at least 4 members (excludes halogenated alkanes) is 1. The normalized spacial score (nSPS) is 12.6. The number of halogens is 1. The number of aliphatic carboxylic acids is 1. The molecule has 0 fully saturated rings. The van der Waals surface area contributed by atoms with E-state index in [2.05, 4.69) is 12.2 Å². The molecule has 0 aliphatic heterocycles. The standard InChI is InChI=1S/C32H38ClNO4S/c1-4-5-12-25(20-24-11-7-9-14-29(24)33)38-21-23-15-16-27(28(19-23)26-13-8-6-10-22(26)2)31(35)34-30(32(36)37)17-18-39-3/h6-11,13-16,19,25,30H,4-5,12,17-18,20-21H2,1-3H3,(H,34,35)(H,36,37). The van der Waals surface area contributed by atoms with E-state index in [1.165, 1.54) is 0 Å². The first-order chi connectivity index (χ1) is 18.8. The van der Waals surface area contributed by atoms with E-state index in [4.69, 9.17) is 16.3 Å². The fourth-order valence-corrected chi connectivity index (χ4v) is 5.19. The zero-order chi connectivity index (χ0) is 28.2. The molecule has 0 saturated heterocycles. The van der Waals surface area contributed by atoms with Gasteiger partial charge in [-0.1, -0.05) is 79.9 Å². The molecule has 7 heteroatoms. The number of rotatable bonds is 15. The van der Waals surface area contributed by atoms with Crippen molar-refractivity contribution in [3.05, 3.63) is 94.0 Å². The smallest absolute Gasteiger partial charge is 0.326 e. The van der Waals surface area contributed by atoms with E-state index in [1.54, 1.807) is 17.8 Å². The first-order valence-corrected chi connectivity index (χ1v) is 15.2. The molecular formula is C32H38ClNO4S. The van der Waals surface area contributed by atoms with E-state index in [0.717, 1.165) is 58.5 Å². The van der Waals surface area contributed by atoms with Crippen LogP contribution in [0.5, 0.6) is 0 Å². The summed E-state index contributed by atoms with van der Waals surface area (Å²) in [5.41, 5.74) is 5.18. The zero-order valence-electron chi connectivity index (χ0n) is 22.9. The van der Waals surface area contributed by atoms with Crippen molar-refractivity contribution < 1.29 is 19.4 Å². The van der Waals surface area contributed by atoms with Crippen molar-refractivity contribution in [1.29, 1.82) is 0 Å². The van der Waals surface area contributed by atoms with Crippen LogP contribution < -0.4 is 5.32 Å². The van der Waals surface area contributed by atoms with Crippen molar-refractivity contribution in [3.8, 4) is 11.1 Å². The highest BCUT2D eigenvalue weighted by molar-refractivity contribution is 7.98. The van der Waals surface area contributed by atoms with E-state index in [-0.39, 0.29) is 6.10 Å². The molecule has 1 amide bonds. The van der Waals surface area contributed by atoms with Gasteiger partial charge in [-0.3, -0.25) is 4.79 Å². The van der Waals surface area contributed by atoms with Crippen LogP contribution in [-0.4, -0.2) is 41.1 Å². The Morgan fingerprint density at radius 2 is 1.77 bits per heavy atom. The molecule has 2 unspecified atom stereocenters. The number of carboxylic acids is 1. The molecule has 208 valence electrons. The first-order valence-electron chi connectivity index (χ1n) is 13.4. The lowest BCUT2D eigenvalue weighted by Gasteiger charge is -2.20. The minimum absolute atomic E-state index is 0.0162. The van der Waals surface area contributed by atoms with Crippen LogP contribution in [0, 0.1) is 6.92 Å². The highest BCUT2D eigenvalue weighted by atomic mass is 35.5. The molecule has 0 spiro atoms. The minimum Gasteiger partial charge on any atom is -0.480 e. The van der Waals surface area contributed by atoms with Crippen LogP contribution in [0.3, 0.4) is 0 Å². The number of carboxylic acid groups (broad SMARTS) is 1. The summed E-state index contributed by atoms with van der Waals surface area (Å²) in [5, 5.41) is 13.1. The van der Waals surface area contributed by atoms with E-state index >= 15 is 0 Å². The maximum Gasteiger partial charge on any atom is 0.326 e. The van der Waals surface area contributed by atoms with Crippen LogP contribution in [0.25, 0.3) is 11.1 Å².